The van der Waals surface area contributed by atoms with Crippen LogP contribution in [-0.4, -0.2) is 24.4 Å². The number of methoxy groups -OCH3 is 2. The van der Waals surface area contributed by atoms with Crippen molar-refractivity contribution in [3.8, 4) is 45.3 Å². The molecule has 0 bridgehead atoms. The number of benzene rings is 4. The average molecular weight is 930 g/mol. The van der Waals surface area contributed by atoms with E-state index in [9.17, 15) is 10.2 Å². The summed E-state index contributed by atoms with van der Waals surface area (Å²) < 4.78 is 16.0. The second-order valence-electron chi connectivity index (χ2n) is 8.88. The first-order valence-electron chi connectivity index (χ1n) is 11.8. The van der Waals surface area contributed by atoms with Crippen molar-refractivity contribution in [2.45, 2.75) is 27.7 Å². The minimum Gasteiger partial charge on any atom is -0.506 e. The van der Waals surface area contributed by atoms with Crippen LogP contribution in [0.4, 0.5) is 0 Å². The van der Waals surface area contributed by atoms with E-state index in [0.717, 1.165) is 62.8 Å². The van der Waals surface area contributed by atoms with Crippen molar-refractivity contribution in [2.75, 3.05) is 14.2 Å². The second kappa shape index (κ2) is 14.0. The second-order valence-corrected chi connectivity index (χ2v) is 14.0. The lowest BCUT2D eigenvalue weighted by Gasteiger charge is -2.19. The Balaban J connectivity index is 0.000000220. The van der Waals surface area contributed by atoms with Gasteiger partial charge >= 0.3 is 0 Å². The summed E-state index contributed by atoms with van der Waals surface area (Å²) in [5, 5.41) is 20.8. The smallest absolute Gasteiger partial charge is 0.138 e. The maximum atomic E-state index is 10.4. The first-order chi connectivity index (χ1) is 18.8. The number of phenols is 2. The van der Waals surface area contributed by atoms with Gasteiger partial charge in [-0.2, -0.15) is 0 Å². The average Bonchev–Trinajstić information content (AvgIpc) is 2.92. The number of aromatic hydroxyl groups is 2. The van der Waals surface area contributed by atoms with E-state index in [0.29, 0.717) is 20.1 Å². The molecule has 0 aliphatic rings. The Kier molecular flexibility index (Phi) is 11.7. The summed E-state index contributed by atoms with van der Waals surface area (Å²) in [6, 6.07) is 11.5. The molecule has 4 aromatic carbocycles. The van der Waals surface area contributed by atoms with Gasteiger partial charge < -0.3 is 19.7 Å². The van der Waals surface area contributed by atoms with Crippen molar-refractivity contribution in [1.82, 2.24) is 0 Å². The molecule has 4 nitrogen and oxygen atoms in total. The molecule has 212 valence electrons. The lowest BCUT2D eigenvalue weighted by molar-refractivity contribution is 0.409. The van der Waals surface area contributed by atoms with Gasteiger partial charge in [-0.05, 0) is 118 Å². The molecule has 0 unspecified atom stereocenters. The van der Waals surface area contributed by atoms with E-state index in [2.05, 4.69) is 109 Å². The lowest BCUT2D eigenvalue weighted by atomic mass is 9.94. The quantitative estimate of drug-likeness (QED) is 0.214. The Morgan fingerprint density at radius 2 is 0.750 bits per heavy atom. The Labute approximate surface area is 285 Å². The van der Waals surface area contributed by atoms with Crippen LogP contribution in [0.1, 0.15) is 22.3 Å². The van der Waals surface area contributed by atoms with E-state index in [1.165, 1.54) is 0 Å². The molecule has 0 atom stereocenters. The van der Waals surface area contributed by atoms with Crippen LogP contribution < -0.4 is 9.47 Å². The Morgan fingerprint density at radius 3 is 1.05 bits per heavy atom. The van der Waals surface area contributed by atoms with Crippen molar-refractivity contribution in [3.05, 3.63) is 85.5 Å². The highest BCUT2D eigenvalue weighted by Crippen LogP contribution is 2.49. The zero-order valence-corrected chi connectivity index (χ0v) is 32.0. The molecule has 0 saturated carbocycles. The molecule has 4 rings (SSSR count). The predicted molar refractivity (Wildman–Crippen MR) is 185 cm³/mol. The first kappa shape index (κ1) is 33.5. The number of phenolic OH excluding ortho intramolecular Hbond substituents is 2. The summed E-state index contributed by atoms with van der Waals surface area (Å²) in [5.41, 5.74) is 7.28. The molecule has 0 aromatic heterocycles. The minimum absolute atomic E-state index is 0.106. The van der Waals surface area contributed by atoms with Gasteiger partial charge in [0.2, 0.25) is 0 Å². The molecule has 0 heterocycles. The molecule has 0 saturated heterocycles. The van der Waals surface area contributed by atoms with Crippen LogP contribution in [0.25, 0.3) is 22.3 Å². The van der Waals surface area contributed by atoms with Gasteiger partial charge in [0, 0.05) is 40.1 Å². The predicted octanol–water partition coefficient (Wildman–Crippen LogP) is 11.9. The van der Waals surface area contributed by atoms with Gasteiger partial charge in [0.15, 0.2) is 0 Å². The van der Waals surface area contributed by atoms with E-state index >= 15 is 0 Å². The maximum Gasteiger partial charge on any atom is 0.138 e. The topological polar surface area (TPSA) is 58.9 Å². The molecule has 0 aliphatic heterocycles. The summed E-state index contributed by atoms with van der Waals surface area (Å²) in [6.45, 7) is 7.92. The van der Waals surface area contributed by atoms with Crippen molar-refractivity contribution in [2.24, 2.45) is 0 Å². The molecule has 0 fully saturated rings. The van der Waals surface area contributed by atoms with Crippen LogP contribution in [0.3, 0.4) is 0 Å². The third kappa shape index (κ3) is 6.62. The van der Waals surface area contributed by atoms with E-state index < -0.39 is 0 Å². The molecular weight excluding hydrogens is 904 g/mol. The van der Waals surface area contributed by atoms with Gasteiger partial charge in [-0.25, -0.2) is 0 Å². The maximum absolute atomic E-state index is 10.4. The summed E-state index contributed by atoms with van der Waals surface area (Å²) in [4.78, 5) is 0. The molecule has 2 N–H and O–H groups in total. The Morgan fingerprint density at radius 1 is 0.450 bits per heavy atom. The number of rotatable bonds is 4. The molecule has 0 amide bonds. The van der Waals surface area contributed by atoms with Gasteiger partial charge in [-0.1, -0.05) is 63.7 Å². The zero-order valence-electron chi connectivity index (χ0n) is 22.4. The highest BCUT2D eigenvalue weighted by atomic mass is 79.9. The number of hydrogen-bond acceptors (Lipinski definition) is 4. The highest BCUT2D eigenvalue weighted by Gasteiger charge is 2.22. The number of halogens is 6. The SMILES string of the molecule is COc1ccc(Br)c(C)c1-c1c(OC)ccc(Br)c1C.Cc1c(Br)cc(Br)c(O)c1-c1c(C)c(Br)cc(Br)c1O. The summed E-state index contributed by atoms with van der Waals surface area (Å²) in [7, 11) is 3.37. The minimum atomic E-state index is 0.106. The molecule has 40 heavy (non-hydrogen) atoms. The fraction of sp³-hybridized carbons (Fsp3) is 0.200. The van der Waals surface area contributed by atoms with Crippen molar-refractivity contribution >= 4 is 95.6 Å². The van der Waals surface area contributed by atoms with Gasteiger partial charge in [-0.15, -0.1) is 0 Å². The number of ether oxygens (including phenoxy) is 2. The van der Waals surface area contributed by atoms with Gasteiger partial charge in [0.1, 0.15) is 23.0 Å². The van der Waals surface area contributed by atoms with E-state index in [-0.39, 0.29) is 11.5 Å². The van der Waals surface area contributed by atoms with Crippen molar-refractivity contribution < 1.29 is 19.7 Å². The lowest BCUT2D eigenvalue weighted by Crippen LogP contribution is -1.97. The Bertz CT molecular complexity index is 1430. The molecule has 0 radical (unpaired) electrons. The van der Waals surface area contributed by atoms with Crippen LogP contribution in [-0.2, 0) is 0 Å². The zero-order chi connectivity index (χ0) is 30.0. The van der Waals surface area contributed by atoms with Crippen molar-refractivity contribution in [3.63, 3.8) is 0 Å². The third-order valence-electron chi connectivity index (χ3n) is 6.56. The molecular formula is C30H26Br6O4. The van der Waals surface area contributed by atoms with Crippen LogP contribution in [0.15, 0.2) is 63.2 Å². The summed E-state index contributed by atoms with van der Waals surface area (Å²) in [6.07, 6.45) is 0. The van der Waals surface area contributed by atoms with Gasteiger partial charge in [0.05, 0.1) is 23.2 Å². The summed E-state index contributed by atoms with van der Waals surface area (Å²) in [5.74, 6) is 1.89. The first-order valence-corrected chi connectivity index (χ1v) is 16.5. The van der Waals surface area contributed by atoms with Crippen molar-refractivity contribution in [1.29, 1.82) is 0 Å². The van der Waals surface area contributed by atoms with Crippen LogP contribution in [0.2, 0.25) is 0 Å². The third-order valence-corrected chi connectivity index (χ3v) is 11.1. The van der Waals surface area contributed by atoms with E-state index in [1.54, 1.807) is 26.4 Å². The van der Waals surface area contributed by atoms with E-state index in [1.807, 2.05) is 38.1 Å². The Hall–Kier alpha value is -1.04. The summed E-state index contributed by atoms with van der Waals surface area (Å²) >= 11 is 20.8. The molecule has 4 aromatic rings. The van der Waals surface area contributed by atoms with Crippen LogP contribution in [0.5, 0.6) is 23.0 Å². The monoisotopic (exact) mass is 924 g/mol. The van der Waals surface area contributed by atoms with Gasteiger partial charge in [0.25, 0.3) is 0 Å². The van der Waals surface area contributed by atoms with Crippen LogP contribution >= 0.6 is 95.6 Å². The normalized spacial score (nSPS) is 10.7. The standard InChI is InChI=1S/C16H16Br2O2.C14H10Br4O2/c1-9-11(17)5-7-13(19-3)15(9)16-10(2)12(18)6-8-14(16)20-4;1-5-7(15)3-9(17)13(19)11(5)12-6(2)8(16)4-10(18)14(12)20/h5-8H,1-4H3;3-4,19-20H,1-2H3. The number of hydrogen-bond donors (Lipinski definition) is 2. The highest BCUT2D eigenvalue weighted by molar-refractivity contribution is 9.11. The van der Waals surface area contributed by atoms with Gasteiger partial charge in [-0.3, -0.25) is 0 Å². The molecule has 0 aliphatic carbocycles. The molecule has 10 heteroatoms. The largest absolute Gasteiger partial charge is 0.506 e. The van der Waals surface area contributed by atoms with E-state index in [4.69, 9.17) is 9.47 Å². The molecule has 0 spiro atoms. The fourth-order valence-electron chi connectivity index (χ4n) is 4.30. The van der Waals surface area contributed by atoms with Crippen LogP contribution in [0, 0.1) is 27.7 Å². The fourth-order valence-corrected chi connectivity index (χ4v) is 7.29.